The van der Waals surface area contributed by atoms with Crippen LogP contribution in [0.3, 0.4) is 0 Å². The lowest BCUT2D eigenvalue weighted by molar-refractivity contribution is -0.145. The second kappa shape index (κ2) is 8.18. The van der Waals surface area contributed by atoms with Crippen LogP contribution in [-0.4, -0.2) is 61.3 Å². The molecule has 0 radical (unpaired) electrons. The van der Waals surface area contributed by atoms with Crippen molar-refractivity contribution in [2.45, 2.75) is 31.8 Å². The van der Waals surface area contributed by atoms with Crippen LogP contribution in [0.2, 0.25) is 0 Å². The zero-order valence-corrected chi connectivity index (χ0v) is 10.9. The SMILES string of the molecule is COCCNCC(O)CN1C(=O)CCCCC1=O. The van der Waals surface area contributed by atoms with Gasteiger partial charge in [0.05, 0.1) is 19.3 Å². The van der Waals surface area contributed by atoms with E-state index in [9.17, 15) is 14.7 Å². The maximum atomic E-state index is 11.7. The highest BCUT2D eigenvalue weighted by Gasteiger charge is 2.25. The summed E-state index contributed by atoms with van der Waals surface area (Å²) in [5.41, 5.74) is 0. The van der Waals surface area contributed by atoms with Gasteiger partial charge >= 0.3 is 0 Å². The van der Waals surface area contributed by atoms with E-state index in [0.717, 1.165) is 12.8 Å². The van der Waals surface area contributed by atoms with Gasteiger partial charge in [-0.15, -0.1) is 0 Å². The van der Waals surface area contributed by atoms with E-state index in [1.54, 1.807) is 7.11 Å². The Balaban J connectivity index is 2.33. The maximum absolute atomic E-state index is 11.7. The fraction of sp³-hybridized carbons (Fsp3) is 0.833. The highest BCUT2D eigenvalue weighted by molar-refractivity contribution is 5.96. The molecule has 1 unspecified atom stereocenters. The molecule has 1 atom stereocenters. The van der Waals surface area contributed by atoms with Gasteiger partial charge in [0.25, 0.3) is 0 Å². The van der Waals surface area contributed by atoms with E-state index in [1.807, 2.05) is 0 Å². The van der Waals surface area contributed by atoms with Gasteiger partial charge in [0, 0.05) is 33.0 Å². The second-order valence-corrected chi connectivity index (χ2v) is 4.46. The molecule has 0 saturated carbocycles. The first-order valence-corrected chi connectivity index (χ1v) is 6.36. The van der Waals surface area contributed by atoms with Gasteiger partial charge in [-0.1, -0.05) is 0 Å². The van der Waals surface area contributed by atoms with Crippen LogP contribution >= 0.6 is 0 Å². The predicted molar refractivity (Wildman–Crippen MR) is 65.9 cm³/mol. The smallest absolute Gasteiger partial charge is 0.229 e. The number of nitrogens with zero attached hydrogens (tertiary/aromatic N) is 1. The summed E-state index contributed by atoms with van der Waals surface area (Å²) in [6, 6.07) is 0. The summed E-state index contributed by atoms with van der Waals surface area (Å²) >= 11 is 0. The summed E-state index contributed by atoms with van der Waals surface area (Å²) in [6.07, 6.45) is 1.57. The zero-order chi connectivity index (χ0) is 13.4. The van der Waals surface area contributed by atoms with E-state index in [1.165, 1.54) is 4.90 Å². The summed E-state index contributed by atoms with van der Waals surface area (Å²) in [4.78, 5) is 24.6. The molecule has 104 valence electrons. The van der Waals surface area contributed by atoms with Gasteiger partial charge in [-0.25, -0.2) is 0 Å². The first-order valence-electron chi connectivity index (χ1n) is 6.36. The minimum absolute atomic E-state index is 0.0810. The van der Waals surface area contributed by atoms with Gasteiger partial charge < -0.3 is 15.2 Å². The van der Waals surface area contributed by atoms with E-state index in [4.69, 9.17) is 4.74 Å². The van der Waals surface area contributed by atoms with Crippen molar-refractivity contribution < 1.29 is 19.4 Å². The van der Waals surface area contributed by atoms with Crippen molar-refractivity contribution in [2.75, 3.05) is 33.4 Å². The first-order chi connectivity index (χ1) is 8.65. The highest BCUT2D eigenvalue weighted by Crippen LogP contribution is 2.12. The summed E-state index contributed by atoms with van der Waals surface area (Å²) < 4.78 is 4.86. The number of β-amino-alcohol motifs (C(OH)–C–C–N with tert-alkyl or cyclic N) is 1. The molecule has 1 aliphatic rings. The Morgan fingerprint density at radius 3 is 2.50 bits per heavy atom. The van der Waals surface area contributed by atoms with Gasteiger partial charge in [-0.05, 0) is 12.8 Å². The number of carbonyl (C=O) groups excluding carboxylic acids is 2. The molecule has 6 nitrogen and oxygen atoms in total. The number of rotatable bonds is 7. The molecular formula is C12H22N2O4. The summed E-state index contributed by atoms with van der Waals surface area (Å²) in [6.45, 7) is 1.63. The number of hydrogen-bond acceptors (Lipinski definition) is 5. The molecule has 1 aliphatic heterocycles. The predicted octanol–water partition coefficient (Wildman–Crippen LogP) is -0.487. The topological polar surface area (TPSA) is 78.9 Å². The van der Waals surface area contributed by atoms with Gasteiger partial charge in [0.15, 0.2) is 0 Å². The molecule has 1 saturated heterocycles. The minimum atomic E-state index is -0.729. The van der Waals surface area contributed by atoms with E-state index in [0.29, 0.717) is 32.5 Å². The molecule has 6 heteroatoms. The Kier molecular flexibility index (Phi) is 6.85. The van der Waals surface area contributed by atoms with E-state index < -0.39 is 6.10 Å². The summed E-state index contributed by atoms with van der Waals surface area (Å²) in [5, 5.41) is 12.8. The lowest BCUT2D eigenvalue weighted by Crippen LogP contribution is -2.44. The number of ether oxygens (including phenoxy) is 1. The molecule has 0 aliphatic carbocycles. The molecule has 0 aromatic carbocycles. The van der Waals surface area contributed by atoms with Crippen molar-refractivity contribution in [3.63, 3.8) is 0 Å². The Bertz CT molecular complexity index is 265. The molecule has 1 rings (SSSR count). The largest absolute Gasteiger partial charge is 0.390 e. The number of amides is 2. The van der Waals surface area contributed by atoms with Gasteiger partial charge in [-0.3, -0.25) is 14.5 Å². The quantitative estimate of drug-likeness (QED) is 0.476. The van der Waals surface area contributed by atoms with Crippen LogP contribution in [0, 0.1) is 0 Å². The Labute approximate surface area is 107 Å². The number of likely N-dealkylation sites (tertiary alicyclic amines) is 1. The van der Waals surface area contributed by atoms with Crippen LogP contribution in [0.25, 0.3) is 0 Å². The second-order valence-electron chi connectivity index (χ2n) is 4.46. The fourth-order valence-corrected chi connectivity index (χ4v) is 1.88. The molecule has 0 bridgehead atoms. The third-order valence-corrected chi connectivity index (χ3v) is 2.89. The Morgan fingerprint density at radius 2 is 1.94 bits per heavy atom. The Hall–Kier alpha value is -0.980. The molecule has 2 amide bonds. The standard InChI is InChI=1S/C12H22N2O4/c1-18-7-6-13-8-10(15)9-14-11(16)4-2-3-5-12(14)17/h10,13,15H,2-9H2,1H3. The van der Waals surface area contributed by atoms with Crippen LogP contribution in [-0.2, 0) is 14.3 Å². The average molecular weight is 258 g/mol. The van der Waals surface area contributed by atoms with Crippen molar-refractivity contribution >= 4 is 11.8 Å². The van der Waals surface area contributed by atoms with Crippen LogP contribution < -0.4 is 5.32 Å². The third kappa shape index (κ3) is 5.12. The number of aliphatic hydroxyl groups is 1. The zero-order valence-electron chi connectivity index (χ0n) is 10.9. The van der Waals surface area contributed by atoms with Crippen molar-refractivity contribution in [2.24, 2.45) is 0 Å². The lowest BCUT2D eigenvalue weighted by Gasteiger charge is -2.22. The number of nitrogens with one attached hydrogen (secondary N) is 1. The van der Waals surface area contributed by atoms with Gasteiger partial charge in [0.1, 0.15) is 0 Å². The van der Waals surface area contributed by atoms with E-state index in [2.05, 4.69) is 5.32 Å². The fourth-order valence-electron chi connectivity index (χ4n) is 1.88. The highest BCUT2D eigenvalue weighted by atomic mass is 16.5. The van der Waals surface area contributed by atoms with Gasteiger partial charge in [0.2, 0.25) is 11.8 Å². The van der Waals surface area contributed by atoms with Crippen molar-refractivity contribution in [1.29, 1.82) is 0 Å². The maximum Gasteiger partial charge on any atom is 0.229 e. The third-order valence-electron chi connectivity index (χ3n) is 2.89. The van der Waals surface area contributed by atoms with E-state index in [-0.39, 0.29) is 18.4 Å². The molecule has 0 aromatic heterocycles. The van der Waals surface area contributed by atoms with Gasteiger partial charge in [-0.2, -0.15) is 0 Å². The van der Waals surface area contributed by atoms with Crippen LogP contribution in [0.1, 0.15) is 25.7 Å². The van der Waals surface area contributed by atoms with Crippen LogP contribution in [0.15, 0.2) is 0 Å². The van der Waals surface area contributed by atoms with Crippen LogP contribution in [0.5, 0.6) is 0 Å². The molecule has 18 heavy (non-hydrogen) atoms. The van der Waals surface area contributed by atoms with Crippen molar-refractivity contribution in [3.8, 4) is 0 Å². The number of aliphatic hydroxyl groups excluding tert-OH is 1. The molecule has 1 fully saturated rings. The molecule has 2 N–H and O–H groups in total. The first kappa shape index (κ1) is 15.1. The lowest BCUT2D eigenvalue weighted by atomic mass is 10.2. The molecule has 1 heterocycles. The van der Waals surface area contributed by atoms with Crippen molar-refractivity contribution in [3.05, 3.63) is 0 Å². The minimum Gasteiger partial charge on any atom is -0.390 e. The number of carbonyl (C=O) groups is 2. The molecule has 0 spiro atoms. The summed E-state index contributed by atoms with van der Waals surface area (Å²) in [7, 11) is 1.60. The average Bonchev–Trinajstić information content (AvgIpc) is 2.50. The monoisotopic (exact) mass is 258 g/mol. The molecule has 0 aromatic rings. The van der Waals surface area contributed by atoms with E-state index >= 15 is 0 Å². The number of imide groups is 1. The van der Waals surface area contributed by atoms with Crippen LogP contribution in [0.4, 0.5) is 0 Å². The molecular weight excluding hydrogens is 236 g/mol. The van der Waals surface area contributed by atoms with Crippen molar-refractivity contribution in [1.82, 2.24) is 10.2 Å². The summed E-state index contributed by atoms with van der Waals surface area (Å²) in [5.74, 6) is -0.345. The Morgan fingerprint density at radius 1 is 1.33 bits per heavy atom. The normalized spacial score (nSPS) is 18.9. The number of hydrogen-bond donors (Lipinski definition) is 2. The number of methoxy groups -OCH3 is 1.